The Kier molecular flexibility index (Phi) is 2.73. The summed E-state index contributed by atoms with van der Waals surface area (Å²) < 4.78 is 5.48. The molecule has 0 amide bonds. The lowest BCUT2D eigenvalue weighted by molar-refractivity contribution is 0.279. The van der Waals surface area contributed by atoms with Crippen LogP contribution in [0.3, 0.4) is 0 Å². The van der Waals surface area contributed by atoms with E-state index in [0.29, 0.717) is 19.2 Å². The molecule has 2 N–H and O–H groups in total. The van der Waals surface area contributed by atoms with E-state index in [2.05, 4.69) is 25.8 Å². The number of hydrogen-bond donors (Lipinski definition) is 1. The lowest BCUT2D eigenvalue weighted by atomic mass is 9.97. The molecule has 1 heterocycles. The maximum Gasteiger partial charge on any atom is 0.189 e. The fourth-order valence-electron chi connectivity index (χ4n) is 1.17. The van der Waals surface area contributed by atoms with Crippen LogP contribution in [-0.2, 0) is 4.74 Å². The molecule has 3 nitrogen and oxygen atoms in total. The third kappa shape index (κ3) is 2.21. The molecule has 0 aliphatic carbocycles. The van der Waals surface area contributed by atoms with Crippen LogP contribution in [0.25, 0.3) is 0 Å². The highest BCUT2D eigenvalue weighted by atomic mass is 16.5. The summed E-state index contributed by atoms with van der Waals surface area (Å²) in [4.78, 5) is 4.46. The van der Waals surface area contributed by atoms with E-state index in [1.807, 2.05) is 0 Å². The van der Waals surface area contributed by atoms with Crippen LogP contribution in [-0.4, -0.2) is 25.1 Å². The molecule has 1 aliphatic rings. The van der Waals surface area contributed by atoms with Gasteiger partial charge in [-0.25, -0.2) is 4.99 Å². The predicted octanol–water partition coefficient (Wildman–Crippen LogP) is 1.18. The molecule has 0 spiro atoms. The monoisotopic (exact) mass is 170 g/mol. The number of ether oxygens (including phenoxy) is 1. The van der Waals surface area contributed by atoms with E-state index in [1.165, 1.54) is 0 Å². The summed E-state index contributed by atoms with van der Waals surface area (Å²) >= 11 is 0. The molecule has 0 fully saturated rings. The van der Waals surface area contributed by atoms with Gasteiger partial charge in [-0.1, -0.05) is 20.8 Å². The summed E-state index contributed by atoms with van der Waals surface area (Å²) in [7, 11) is 0. The molecule has 3 heteroatoms. The van der Waals surface area contributed by atoms with Crippen molar-refractivity contribution in [1.82, 2.24) is 0 Å². The highest BCUT2D eigenvalue weighted by Crippen LogP contribution is 2.22. The van der Waals surface area contributed by atoms with Crippen LogP contribution in [0.15, 0.2) is 4.99 Å². The Hall–Kier alpha value is -0.570. The summed E-state index contributed by atoms with van der Waals surface area (Å²) in [6.45, 7) is 7.72. The lowest BCUT2D eigenvalue weighted by Crippen LogP contribution is -2.20. The first-order chi connectivity index (χ1) is 5.54. The third-order valence-electron chi connectivity index (χ3n) is 1.85. The first-order valence-electron chi connectivity index (χ1n) is 4.45. The van der Waals surface area contributed by atoms with Gasteiger partial charge in [0.05, 0.1) is 6.04 Å². The molecule has 0 aromatic rings. The van der Waals surface area contributed by atoms with Gasteiger partial charge in [0, 0.05) is 5.41 Å². The van der Waals surface area contributed by atoms with Gasteiger partial charge in [0.15, 0.2) is 5.90 Å². The normalized spacial score (nSPS) is 23.7. The SMILES string of the molecule is CC(C)(C)C1=NC(CCN)CO1. The van der Waals surface area contributed by atoms with Gasteiger partial charge in [-0.15, -0.1) is 0 Å². The molecule has 1 unspecified atom stereocenters. The number of aliphatic imine (C=N–C) groups is 1. The maximum absolute atomic E-state index is 5.48. The summed E-state index contributed by atoms with van der Waals surface area (Å²) in [5.41, 5.74) is 5.48. The van der Waals surface area contributed by atoms with Crippen LogP contribution in [0, 0.1) is 5.41 Å². The Morgan fingerprint density at radius 3 is 2.67 bits per heavy atom. The molecule has 0 bridgehead atoms. The van der Waals surface area contributed by atoms with Crippen LogP contribution in [0.1, 0.15) is 27.2 Å². The molecular formula is C9H18N2O. The minimum absolute atomic E-state index is 0.0450. The minimum Gasteiger partial charge on any atom is -0.478 e. The van der Waals surface area contributed by atoms with E-state index in [0.717, 1.165) is 12.3 Å². The van der Waals surface area contributed by atoms with Crippen molar-refractivity contribution in [1.29, 1.82) is 0 Å². The van der Waals surface area contributed by atoms with Crippen LogP contribution in [0.4, 0.5) is 0 Å². The average molecular weight is 170 g/mol. The molecule has 1 atom stereocenters. The molecule has 0 saturated carbocycles. The summed E-state index contributed by atoms with van der Waals surface area (Å²) in [6.07, 6.45) is 0.930. The van der Waals surface area contributed by atoms with Gasteiger partial charge >= 0.3 is 0 Å². The van der Waals surface area contributed by atoms with Crippen molar-refractivity contribution in [3.63, 3.8) is 0 Å². The van der Waals surface area contributed by atoms with Gasteiger partial charge < -0.3 is 10.5 Å². The van der Waals surface area contributed by atoms with Crippen LogP contribution in [0.5, 0.6) is 0 Å². The van der Waals surface area contributed by atoms with E-state index in [1.54, 1.807) is 0 Å². The van der Waals surface area contributed by atoms with Crippen molar-refractivity contribution in [2.24, 2.45) is 16.1 Å². The van der Waals surface area contributed by atoms with Gasteiger partial charge in [0.25, 0.3) is 0 Å². The Labute approximate surface area is 74.0 Å². The molecule has 0 saturated heterocycles. The van der Waals surface area contributed by atoms with Gasteiger partial charge in [-0.05, 0) is 13.0 Å². The summed E-state index contributed by atoms with van der Waals surface area (Å²) in [6, 6.07) is 0.296. The standard InChI is InChI=1S/C9H18N2O/c1-9(2,3)8-11-7(4-5-10)6-12-8/h7H,4-6,10H2,1-3H3. The Bertz CT molecular complexity index is 181. The number of rotatable bonds is 2. The molecule has 0 aromatic heterocycles. The average Bonchev–Trinajstić information content (AvgIpc) is 2.35. The molecule has 0 aromatic carbocycles. The number of nitrogens with zero attached hydrogens (tertiary/aromatic N) is 1. The van der Waals surface area contributed by atoms with Crippen LogP contribution in [0.2, 0.25) is 0 Å². The minimum atomic E-state index is 0.0450. The van der Waals surface area contributed by atoms with Crippen molar-refractivity contribution in [2.75, 3.05) is 13.2 Å². The van der Waals surface area contributed by atoms with E-state index in [4.69, 9.17) is 10.5 Å². The van der Waals surface area contributed by atoms with Crippen LogP contribution < -0.4 is 5.73 Å². The second-order valence-corrected chi connectivity index (χ2v) is 4.23. The van der Waals surface area contributed by atoms with Crippen molar-refractivity contribution < 1.29 is 4.74 Å². The number of hydrogen-bond acceptors (Lipinski definition) is 3. The smallest absolute Gasteiger partial charge is 0.189 e. The van der Waals surface area contributed by atoms with Gasteiger partial charge in [-0.3, -0.25) is 0 Å². The van der Waals surface area contributed by atoms with E-state index < -0.39 is 0 Å². The van der Waals surface area contributed by atoms with E-state index >= 15 is 0 Å². The van der Waals surface area contributed by atoms with E-state index in [9.17, 15) is 0 Å². The Morgan fingerprint density at radius 2 is 2.25 bits per heavy atom. The van der Waals surface area contributed by atoms with Gasteiger partial charge in [0.2, 0.25) is 0 Å². The highest BCUT2D eigenvalue weighted by Gasteiger charge is 2.27. The lowest BCUT2D eigenvalue weighted by Gasteiger charge is -2.16. The quantitative estimate of drug-likeness (QED) is 0.676. The zero-order valence-electron chi connectivity index (χ0n) is 8.13. The zero-order valence-corrected chi connectivity index (χ0v) is 8.13. The fourth-order valence-corrected chi connectivity index (χ4v) is 1.17. The maximum atomic E-state index is 5.48. The Balaban J connectivity index is 2.54. The number of nitrogens with two attached hydrogens (primary N) is 1. The molecular weight excluding hydrogens is 152 g/mol. The zero-order chi connectivity index (χ0) is 9.19. The van der Waals surface area contributed by atoms with Crippen molar-refractivity contribution in [2.45, 2.75) is 33.2 Å². The van der Waals surface area contributed by atoms with Crippen LogP contribution >= 0.6 is 0 Å². The Morgan fingerprint density at radius 1 is 1.58 bits per heavy atom. The molecule has 0 radical (unpaired) electrons. The second-order valence-electron chi connectivity index (χ2n) is 4.23. The first kappa shape index (κ1) is 9.52. The fraction of sp³-hybridized carbons (Fsp3) is 0.889. The highest BCUT2D eigenvalue weighted by molar-refractivity contribution is 5.82. The third-order valence-corrected chi connectivity index (χ3v) is 1.85. The topological polar surface area (TPSA) is 47.6 Å². The van der Waals surface area contributed by atoms with Crippen molar-refractivity contribution in [3.05, 3.63) is 0 Å². The van der Waals surface area contributed by atoms with Gasteiger partial charge in [0.1, 0.15) is 6.61 Å². The molecule has 70 valence electrons. The predicted molar refractivity (Wildman–Crippen MR) is 50.3 cm³/mol. The van der Waals surface area contributed by atoms with Gasteiger partial charge in [-0.2, -0.15) is 0 Å². The van der Waals surface area contributed by atoms with Crippen molar-refractivity contribution in [3.8, 4) is 0 Å². The van der Waals surface area contributed by atoms with Crippen molar-refractivity contribution >= 4 is 5.90 Å². The first-order valence-corrected chi connectivity index (χ1v) is 4.45. The molecule has 12 heavy (non-hydrogen) atoms. The molecule has 1 rings (SSSR count). The summed E-state index contributed by atoms with van der Waals surface area (Å²) in [5, 5.41) is 0. The van der Waals surface area contributed by atoms with E-state index in [-0.39, 0.29) is 5.41 Å². The molecule has 1 aliphatic heterocycles. The summed E-state index contributed by atoms with van der Waals surface area (Å²) in [5.74, 6) is 0.876. The second kappa shape index (κ2) is 3.44. The largest absolute Gasteiger partial charge is 0.478 e.